The minimum absolute atomic E-state index is 0.0897. The maximum atomic E-state index is 11.2. The Bertz CT molecular complexity index is 364. The van der Waals surface area contributed by atoms with E-state index in [0.717, 1.165) is 12.1 Å². The number of carbonyl (C=O) groups excluding carboxylic acids is 1. The predicted molar refractivity (Wildman–Crippen MR) is 63.3 cm³/mol. The quantitative estimate of drug-likeness (QED) is 0.782. The normalized spacial score (nSPS) is 18.9. The average molecular weight is 220 g/mol. The van der Waals surface area contributed by atoms with Gasteiger partial charge in [-0.1, -0.05) is 19.8 Å². The fraction of sp³-hybridized carbons (Fsp3) is 0.692. The van der Waals surface area contributed by atoms with Crippen LogP contribution in [0.2, 0.25) is 0 Å². The first kappa shape index (κ1) is 11.4. The lowest BCUT2D eigenvalue weighted by Crippen LogP contribution is -2.11. The zero-order valence-corrected chi connectivity index (χ0v) is 10.1. The second-order valence-corrected chi connectivity index (χ2v) is 4.94. The van der Waals surface area contributed by atoms with Crippen molar-refractivity contribution in [1.29, 1.82) is 0 Å². The van der Waals surface area contributed by atoms with Gasteiger partial charge in [0.2, 0.25) is 0 Å². The number of hydrogen-bond acceptors (Lipinski definition) is 2. The van der Waals surface area contributed by atoms with E-state index in [0.29, 0.717) is 6.04 Å². The molecule has 0 spiro atoms. The number of rotatable bonds is 4. The SMILES string of the molecule is CC(=O)C(C)Cc1ccn(C2CCCC2)n1. The Labute approximate surface area is 96.8 Å². The highest BCUT2D eigenvalue weighted by Crippen LogP contribution is 2.28. The Morgan fingerprint density at radius 3 is 2.88 bits per heavy atom. The third kappa shape index (κ3) is 2.52. The zero-order valence-electron chi connectivity index (χ0n) is 10.1. The third-order valence-electron chi connectivity index (χ3n) is 3.57. The molecule has 0 bridgehead atoms. The van der Waals surface area contributed by atoms with Crippen molar-refractivity contribution in [3.63, 3.8) is 0 Å². The monoisotopic (exact) mass is 220 g/mol. The van der Waals surface area contributed by atoms with Crippen LogP contribution in [0.1, 0.15) is 51.3 Å². The van der Waals surface area contributed by atoms with Crippen molar-refractivity contribution in [3.05, 3.63) is 18.0 Å². The van der Waals surface area contributed by atoms with Crippen molar-refractivity contribution >= 4 is 5.78 Å². The maximum Gasteiger partial charge on any atom is 0.133 e. The summed E-state index contributed by atoms with van der Waals surface area (Å²) in [4.78, 5) is 11.2. The Kier molecular flexibility index (Phi) is 3.42. The van der Waals surface area contributed by atoms with Crippen LogP contribution in [0, 0.1) is 5.92 Å². The standard InChI is InChI=1S/C13H20N2O/c1-10(11(2)16)9-12-7-8-15(14-12)13-5-3-4-6-13/h7-8,10,13H,3-6,9H2,1-2H3. The first-order valence-electron chi connectivity index (χ1n) is 6.21. The Morgan fingerprint density at radius 1 is 1.56 bits per heavy atom. The van der Waals surface area contributed by atoms with E-state index < -0.39 is 0 Å². The minimum atomic E-state index is 0.0897. The van der Waals surface area contributed by atoms with Gasteiger partial charge in [-0.15, -0.1) is 0 Å². The summed E-state index contributed by atoms with van der Waals surface area (Å²) < 4.78 is 2.09. The molecule has 2 rings (SSSR count). The van der Waals surface area contributed by atoms with Crippen LogP contribution in [0.3, 0.4) is 0 Å². The van der Waals surface area contributed by atoms with Crippen molar-refractivity contribution < 1.29 is 4.79 Å². The van der Waals surface area contributed by atoms with Crippen LogP contribution in [0.4, 0.5) is 0 Å². The summed E-state index contributed by atoms with van der Waals surface area (Å²) in [6.07, 6.45) is 7.99. The summed E-state index contributed by atoms with van der Waals surface area (Å²) in [6.45, 7) is 3.62. The molecule has 0 saturated heterocycles. The summed E-state index contributed by atoms with van der Waals surface area (Å²) in [5.41, 5.74) is 1.05. The van der Waals surface area contributed by atoms with Crippen molar-refractivity contribution in [3.8, 4) is 0 Å². The molecule has 0 aliphatic heterocycles. The lowest BCUT2D eigenvalue weighted by atomic mass is 10.0. The van der Waals surface area contributed by atoms with Crippen LogP contribution < -0.4 is 0 Å². The van der Waals surface area contributed by atoms with Gasteiger partial charge in [0.05, 0.1) is 11.7 Å². The van der Waals surface area contributed by atoms with E-state index in [9.17, 15) is 4.79 Å². The van der Waals surface area contributed by atoms with Crippen molar-refractivity contribution in [1.82, 2.24) is 9.78 Å². The van der Waals surface area contributed by atoms with E-state index in [1.165, 1.54) is 25.7 Å². The summed E-state index contributed by atoms with van der Waals surface area (Å²) >= 11 is 0. The van der Waals surface area contributed by atoms with Crippen LogP contribution in [0.5, 0.6) is 0 Å². The van der Waals surface area contributed by atoms with Gasteiger partial charge in [0.25, 0.3) is 0 Å². The number of nitrogens with zero attached hydrogens (tertiary/aromatic N) is 2. The summed E-state index contributed by atoms with van der Waals surface area (Å²) in [7, 11) is 0. The van der Waals surface area contributed by atoms with Gasteiger partial charge in [-0.3, -0.25) is 9.48 Å². The highest BCUT2D eigenvalue weighted by atomic mass is 16.1. The molecule has 0 radical (unpaired) electrons. The first-order valence-corrected chi connectivity index (χ1v) is 6.21. The number of Topliss-reactive ketones (excluding diaryl/α,β-unsaturated/α-hetero) is 1. The lowest BCUT2D eigenvalue weighted by molar-refractivity contribution is -0.120. The van der Waals surface area contributed by atoms with Crippen LogP contribution in [0.15, 0.2) is 12.3 Å². The number of carbonyl (C=O) groups is 1. The Balaban J connectivity index is 1.99. The van der Waals surface area contributed by atoms with E-state index >= 15 is 0 Å². The summed E-state index contributed by atoms with van der Waals surface area (Å²) in [5, 5.41) is 4.58. The van der Waals surface area contributed by atoms with Crippen molar-refractivity contribution in [2.24, 2.45) is 5.92 Å². The molecule has 0 N–H and O–H groups in total. The third-order valence-corrected chi connectivity index (χ3v) is 3.57. The molecule has 1 aromatic rings. The molecule has 16 heavy (non-hydrogen) atoms. The molecule has 1 fully saturated rings. The summed E-state index contributed by atoms with van der Waals surface area (Å²) in [5.74, 6) is 0.336. The lowest BCUT2D eigenvalue weighted by Gasteiger charge is -2.09. The molecule has 1 aromatic heterocycles. The van der Waals surface area contributed by atoms with Gasteiger partial charge in [0.1, 0.15) is 5.78 Å². The highest BCUT2D eigenvalue weighted by molar-refractivity contribution is 5.78. The minimum Gasteiger partial charge on any atom is -0.300 e. The Morgan fingerprint density at radius 2 is 2.25 bits per heavy atom. The molecule has 1 unspecified atom stereocenters. The predicted octanol–water partition coefficient (Wildman–Crippen LogP) is 2.77. The van der Waals surface area contributed by atoms with Gasteiger partial charge < -0.3 is 0 Å². The fourth-order valence-electron chi connectivity index (χ4n) is 2.32. The maximum absolute atomic E-state index is 11.2. The molecule has 1 saturated carbocycles. The largest absolute Gasteiger partial charge is 0.300 e. The van der Waals surface area contributed by atoms with Crippen LogP contribution in [-0.4, -0.2) is 15.6 Å². The number of ketones is 1. The zero-order chi connectivity index (χ0) is 11.5. The molecule has 1 atom stereocenters. The van der Waals surface area contributed by atoms with E-state index in [-0.39, 0.29) is 11.7 Å². The van der Waals surface area contributed by atoms with Gasteiger partial charge in [0, 0.05) is 18.5 Å². The molecule has 3 heteroatoms. The second kappa shape index (κ2) is 4.81. The first-order chi connectivity index (χ1) is 7.66. The molecule has 1 aliphatic rings. The smallest absolute Gasteiger partial charge is 0.133 e. The molecule has 1 aliphatic carbocycles. The summed E-state index contributed by atoms with van der Waals surface area (Å²) in [6, 6.07) is 2.65. The Hall–Kier alpha value is -1.12. The molecule has 0 amide bonds. The number of aromatic nitrogens is 2. The molecule has 88 valence electrons. The molecular weight excluding hydrogens is 200 g/mol. The molecule has 3 nitrogen and oxygen atoms in total. The highest BCUT2D eigenvalue weighted by Gasteiger charge is 2.18. The number of hydrogen-bond donors (Lipinski definition) is 0. The van der Waals surface area contributed by atoms with Crippen LogP contribution >= 0.6 is 0 Å². The topological polar surface area (TPSA) is 34.9 Å². The second-order valence-electron chi connectivity index (χ2n) is 4.94. The van der Waals surface area contributed by atoms with Gasteiger partial charge >= 0.3 is 0 Å². The van der Waals surface area contributed by atoms with E-state index in [2.05, 4.69) is 22.0 Å². The van der Waals surface area contributed by atoms with Crippen LogP contribution in [-0.2, 0) is 11.2 Å². The van der Waals surface area contributed by atoms with Crippen LogP contribution in [0.25, 0.3) is 0 Å². The van der Waals surface area contributed by atoms with Gasteiger partial charge in [0.15, 0.2) is 0 Å². The van der Waals surface area contributed by atoms with Gasteiger partial charge in [-0.05, 0) is 25.8 Å². The fourth-order valence-corrected chi connectivity index (χ4v) is 2.32. The van der Waals surface area contributed by atoms with E-state index in [1.54, 1.807) is 6.92 Å². The van der Waals surface area contributed by atoms with Crippen molar-refractivity contribution in [2.45, 2.75) is 52.0 Å². The molecular formula is C13H20N2O. The van der Waals surface area contributed by atoms with E-state index in [1.807, 2.05) is 6.92 Å². The van der Waals surface area contributed by atoms with Gasteiger partial charge in [-0.25, -0.2) is 0 Å². The average Bonchev–Trinajstić information content (AvgIpc) is 2.85. The van der Waals surface area contributed by atoms with E-state index in [4.69, 9.17) is 0 Å². The molecule has 1 heterocycles. The van der Waals surface area contributed by atoms with Gasteiger partial charge in [-0.2, -0.15) is 5.10 Å². The molecule has 0 aromatic carbocycles. The van der Waals surface area contributed by atoms with Crippen molar-refractivity contribution in [2.75, 3.05) is 0 Å².